The second-order valence-electron chi connectivity index (χ2n) is 7.35. The lowest BCUT2D eigenvalue weighted by Gasteiger charge is -2.25. The van der Waals surface area contributed by atoms with Crippen molar-refractivity contribution in [3.8, 4) is 0 Å². The van der Waals surface area contributed by atoms with Gasteiger partial charge < -0.3 is 9.64 Å². The Balaban J connectivity index is 1.24. The van der Waals surface area contributed by atoms with Crippen LogP contribution in [0.4, 0.5) is 5.69 Å². The molecule has 0 spiro atoms. The van der Waals surface area contributed by atoms with Gasteiger partial charge >= 0.3 is 5.97 Å². The Bertz CT molecular complexity index is 1190. The highest BCUT2D eigenvalue weighted by Gasteiger charge is 2.32. The van der Waals surface area contributed by atoms with Crippen molar-refractivity contribution >= 4 is 51.0 Å². The molecule has 2 aliphatic rings. The third-order valence-corrected chi connectivity index (χ3v) is 6.35. The molecule has 0 unspecified atom stereocenters. The van der Waals surface area contributed by atoms with Gasteiger partial charge in [0, 0.05) is 18.2 Å². The van der Waals surface area contributed by atoms with Gasteiger partial charge in [0.1, 0.15) is 5.01 Å². The van der Waals surface area contributed by atoms with Gasteiger partial charge in [0.15, 0.2) is 12.4 Å². The van der Waals surface area contributed by atoms with Gasteiger partial charge in [0.2, 0.25) is 5.91 Å². The summed E-state index contributed by atoms with van der Waals surface area (Å²) in [6.07, 6.45) is 4.94. The molecule has 0 bridgehead atoms. The monoisotopic (exact) mass is 418 g/mol. The molecule has 150 valence electrons. The number of ketones is 1. The van der Waals surface area contributed by atoms with Crippen LogP contribution in [-0.2, 0) is 27.2 Å². The number of thiazole rings is 1. The number of hydrogen-bond acceptors (Lipinski definition) is 6. The molecule has 7 heteroatoms. The number of para-hydroxylation sites is 1. The van der Waals surface area contributed by atoms with Crippen LogP contribution in [-0.4, -0.2) is 35.8 Å². The van der Waals surface area contributed by atoms with Gasteiger partial charge in [0.25, 0.3) is 0 Å². The van der Waals surface area contributed by atoms with Crippen LogP contribution in [0.1, 0.15) is 32.9 Å². The van der Waals surface area contributed by atoms with Crippen LogP contribution < -0.4 is 4.90 Å². The summed E-state index contributed by atoms with van der Waals surface area (Å²) in [5.41, 5.74) is 4.25. The fourth-order valence-corrected chi connectivity index (χ4v) is 4.88. The molecule has 5 rings (SSSR count). The molecule has 0 saturated carbocycles. The summed E-state index contributed by atoms with van der Waals surface area (Å²) in [6.45, 7) is 0.406. The van der Waals surface area contributed by atoms with Crippen molar-refractivity contribution in [2.24, 2.45) is 0 Å². The van der Waals surface area contributed by atoms with Crippen LogP contribution in [0.25, 0.3) is 16.3 Å². The summed E-state index contributed by atoms with van der Waals surface area (Å²) in [5.74, 6) is -0.777. The summed E-state index contributed by atoms with van der Waals surface area (Å²) in [5, 5.41) is 0.700. The third-order valence-electron chi connectivity index (χ3n) is 5.35. The second-order valence-corrected chi connectivity index (χ2v) is 8.42. The predicted molar refractivity (Wildman–Crippen MR) is 115 cm³/mol. The number of carbonyl (C=O) groups excluding carboxylic acids is 3. The summed E-state index contributed by atoms with van der Waals surface area (Å²) in [4.78, 5) is 43.0. The van der Waals surface area contributed by atoms with E-state index in [9.17, 15) is 14.4 Å². The van der Waals surface area contributed by atoms with Gasteiger partial charge in [-0.3, -0.25) is 9.59 Å². The molecular formula is C23H18N2O4S. The number of benzene rings is 2. The highest BCUT2D eigenvalue weighted by molar-refractivity contribution is 7.19. The second kappa shape index (κ2) is 7.50. The Morgan fingerprint density at radius 2 is 2.03 bits per heavy atom. The molecule has 3 heterocycles. The number of esters is 1. The number of Topliss-reactive ketones (excluding diaryl/α,β-unsaturated/α-hetero) is 1. The predicted octanol–water partition coefficient (Wildman–Crippen LogP) is 3.57. The number of aromatic nitrogens is 1. The molecule has 2 aliphatic heterocycles. The molecule has 0 atom stereocenters. The van der Waals surface area contributed by atoms with Crippen LogP contribution in [0.3, 0.4) is 0 Å². The first-order chi connectivity index (χ1) is 14.6. The zero-order chi connectivity index (χ0) is 20.7. The first-order valence-electron chi connectivity index (χ1n) is 9.78. The van der Waals surface area contributed by atoms with Crippen molar-refractivity contribution in [3.63, 3.8) is 0 Å². The summed E-state index contributed by atoms with van der Waals surface area (Å²) in [6, 6.07) is 11.3. The molecule has 0 fully saturated rings. The van der Waals surface area contributed by atoms with Crippen LogP contribution in [0.2, 0.25) is 0 Å². The van der Waals surface area contributed by atoms with E-state index in [-0.39, 0.29) is 18.3 Å². The first-order valence-corrected chi connectivity index (χ1v) is 10.6. The maximum atomic E-state index is 12.6. The van der Waals surface area contributed by atoms with E-state index in [0.29, 0.717) is 17.0 Å². The molecule has 0 saturated heterocycles. The number of carbonyl (C=O) groups is 3. The molecule has 3 aromatic rings. The number of hydrogen-bond donors (Lipinski definition) is 0. The zero-order valence-corrected chi connectivity index (χ0v) is 16.9. The van der Waals surface area contributed by atoms with E-state index >= 15 is 0 Å². The highest BCUT2D eigenvalue weighted by atomic mass is 32.1. The molecule has 1 aromatic heterocycles. The number of aryl methyl sites for hydroxylation is 1. The van der Waals surface area contributed by atoms with Crippen LogP contribution in [0.15, 0.2) is 42.5 Å². The Morgan fingerprint density at radius 1 is 1.20 bits per heavy atom. The van der Waals surface area contributed by atoms with Crippen LogP contribution >= 0.6 is 11.3 Å². The number of nitrogens with zero attached hydrogens (tertiary/aromatic N) is 2. The number of rotatable bonds is 5. The van der Waals surface area contributed by atoms with Crippen LogP contribution in [0, 0.1) is 0 Å². The minimum atomic E-state index is -0.591. The molecular weight excluding hydrogens is 400 g/mol. The Kier molecular flexibility index (Phi) is 4.67. The molecule has 30 heavy (non-hydrogen) atoms. The van der Waals surface area contributed by atoms with Crippen molar-refractivity contribution in [3.05, 3.63) is 64.2 Å². The fourth-order valence-electron chi connectivity index (χ4n) is 4.01. The van der Waals surface area contributed by atoms with Gasteiger partial charge in [-0.1, -0.05) is 12.1 Å². The number of anilines is 1. The van der Waals surface area contributed by atoms with Gasteiger partial charge in [-0.05, 0) is 54.3 Å². The normalized spacial score (nSPS) is 15.1. The molecule has 2 aromatic carbocycles. The summed E-state index contributed by atoms with van der Waals surface area (Å²) in [7, 11) is 0. The molecule has 1 amide bonds. The van der Waals surface area contributed by atoms with Crippen molar-refractivity contribution in [2.75, 3.05) is 18.1 Å². The smallest absolute Gasteiger partial charge is 0.331 e. The van der Waals surface area contributed by atoms with E-state index < -0.39 is 5.97 Å². The quantitative estimate of drug-likeness (QED) is 0.360. The zero-order valence-electron chi connectivity index (χ0n) is 16.1. The fraction of sp³-hybridized carbons (Fsp3) is 0.217. The van der Waals surface area contributed by atoms with Crippen molar-refractivity contribution in [1.29, 1.82) is 0 Å². The van der Waals surface area contributed by atoms with Gasteiger partial charge in [-0.15, -0.1) is 11.3 Å². The number of fused-ring (bicyclic) bond motifs is 1. The van der Waals surface area contributed by atoms with E-state index in [4.69, 9.17) is 4.74 Å². The lowest BCUT2D eigenvalue weighted by atomic mass is 9.95. The largest absolute Gasteiger partial charge is 0.454 e. The summed E-state index contributed by atoms with van der Waals surface area (Å²) < 4.78 is 6.17. The maximum absolute atomic E-state index is 12.6. The topological polar surface area (TPSA) is 76.6 Å². The Morgan fingerprint density at radius 3 is 2.90 bits per heavy atom. The highest BCUT2D eigenvalue weighted by Crippen LogP contribution is 2.37. The molecule has 0 radical (unpaired) electrons. The minimum absolute atomic E-state index is 0.0851. The lowest BCUT2D eigenvalue weighted by molar-refractivity contribution is -0.136. The van der Waals surface area contributed by atoms with Crippen LogP contribution in [0.5, 0.6) is 0 Å². The average Bonchev–Trinajstić information content (AvgIpc) is 3.32. The SMILES string of the molecule is O=C(/C=C/c1nc2ccccc2s1)OCC(=O)c1cc2c3c(c1)CC(=O)N3CCC2. The van der Waals surface area contributed by atoms with Gasteiger partial charge in [-0.2, -0.15) is 0 Å². The molecule has 0 N–H and O–H groups in total. The Hall–Kier alpha value is -3.32. The average molecular weight is 418 g/mol. The maximum Gasteiger partial charge on any atom is 0.331 e. The van der Waals surface area contributed by atoms with Crippen molar-refractivity contribution in [1.82, 2.24) is 4.98 Å². The Labute approximate surface area is 176 Å². The lowest BCUT2D eigenvalue weighted by Crippen LogP contribution is -2.31. The van der Waals surface area contributed by atoms with Gasteiger partial charge in [-0.25, -0.2) is 9.78 Å². The van der Waals surface area contributed by atoms with E-state index in [0.717, 1.165) is 46.4 Å². The van der Waals surface area contributed by atoms with E-state index in [1.54, 1.807) is 12.1 Å². The van der Waals surface area contributed by atoms with E-state index in [2.05, 4.69) is 4.98 Å². The standard InChI is InChI=1S/C23H18N2O4S/c26-18(15-10-14-4-3-9-25-21(27)12-16(11-15)23(14)25)13-29-22(28)8-7-20-24-17-5-1-2-6-19(17)30-20/h1-2,5-8,10-11H,3-4,9,12-13H2/b8-7+. The summed E-state index contributed by atoms with van der Waals surface area (Å²) >= 11 is 1.48. The third kappa shape index (κ3) is 3.41. The van der Waals surface area contributed by atoms with Crippen molar-refractivity contribution in [2.45, 2.75) is 19.3 Å². The van der Waals surface area contributed by atoms with E-state index in [1.165, 1.54) is 17.4 Å². The molecule has 6 nitrogen and oxygen atoms in total. The molecule has 0 aliphatic carbocycles. The van der Waals surface area contributed by atoms with Crippen molar-refractivity contribution < 1.29 is 19.1 Å². The minimum Gasteiger partial charge on any atom is -0.454 e. The number of ether oxygens (including phenoxy) is 1. The van der Waals surface area contributed by atoms with E-state index in [1.807, 2.05) is 35.2 Å². The first kappa shape index (κ1) is 18.7. The number of amides is 1. The van der Waals surface area contributed by atoms with Gasteiger partial charge in [0.05, 0.1) is 22.3 Å².